The molecule has 1 rings (SSSR count). The van der Waals surface area contributed by atoms with Crippen molar-refractivity contribution < 1.29 is 0 Å². The van der Waals surface area contributed by atoms with E-state index >= 15 is 0 Å². The summed E-state index contributed by atoms with van der Waals surface area (Å²) >= 11 is 0. The predicted molar refractivity (Wildman–Crippen MR) is 72.3 cm³/mol. The molecule has 2 heteroatoms. The van der Waals surface area contributed by atoms with Crippen LogP contribution in [0.1, 0.15) is 32.6 Å². The second-order valence-electron chi connectivity index (χ2n) is 5.12. The van der Waals surface area contributed by atoms with Crippen molar-refractivity contribution in [2.75, 3.05) is 19.6 Å². The molecule has 1 aliphatic rings. The van der Waals surface area contributed by atoms with Gasteiger partial charge >= 0.3 is 0 Å². The van der Waals surface area contributed by atoms with Crippen molar-refractivity contribution in [1.29, 1.82) is 0 Å². The molecule has 0 spiro atoms. The fourth-order valence-corrected chi connectivity index (χ4v) is 3.90. The van der Waals surface area contributed by atoms with Crippen LogP contribution in [0.4, 0.5) is 0 Å². The quantitative estimate of drug-likeness (QED) is 0.513. The number of piperidine rings is 1. The fourth-order valence-electron chi connectivity index (χ4n) is 2.41. The third-order valence-electron chi connectivity index (χ3n) is 3.52. The van der Waals surface area contributed by atoms with Crippen LogP contribution >= 0.6 is 0 Å². The summed E-state index contributed by atoms with van der Waals surface area (Å²) in [5, 5.41) is 0. The Bertz CT molecular complexity index is 183. The first kappa shape index (κ1) is 13.0. The van der Waals surface area contributed by atoms with E-state index in [-0.39, 0.29) is 0 Å². The first-order chi connectivity index (χ1) is 7.24. The molecule has 1 nitrogen and oxygen atoms in total. The molecule has 0 aromatic carbocycles. The van der Waals surface area contributed by atoms with Crippen LogP contribution in [-0.2, 0) is 0 Å². The molecule has 0 N–H and O–H groups in total. The van der Waals surface area contributed by atoms with Crippen LogP contribution < -0.4 is 0 Å². The van der Waals surface area contributed by atoms with Crippen LogP contribution in [0, 0.1) is 0 Å². The van der Waals surface area contributed by atoms with E-state index in [1.165, 1.54) is 45.3 Å². The molecule has 1 unspecified atom stereocenters. The van der Waals surface area contributed by atoms with Crippen molar-refractivity contribution in [1.82, 2.24) is 4.90 Å². The van der Waals surface area contributed by atoms with Crippen LogP contribution in [0.2, 0.25) is 18.6 Å². The molecule has 0 aromatic rings. The van der Waals surface area contributed by atoms with E-state index in [0.717, 1.165) is 5.54 Å². The molecule has 0 aromatic heterocycles. The minimum Gasteiger partial charge on any atom is -0.303 e. The van der Waals surface area contributed by atoms with Gasteiger partial charge in [-0.15, -0.1) is 0 Å². The van der Waals surface area contributed by atoms with E-state index in [4.69, 9.17) is 0 Å². The molecule has 88 valence electrons. The molecule has 0 amide bonds. The third-order valence-corrected chi connectivity index (χ3v) is 5.79. The van der Waals surface area contributed by atoms with E-state index in [9.17, 15) is 0 Å². The Hall–Kier alpha value is -0.0831. The van der Waals surface area contributed by atoms with Crippen molar-refractivity contribution in [2.45, 2.75) is 51.2 Å². The lowest BCUT2D eigenvalue weighted by Gasteiger charge is -2.28. The molecule has 1 aliphatic heterocycles. The molecule has 0 aliphatic carbocycles. The van der Waals surface area contributed by atoms with Crippen molar-refractivity contribution >= 4 is 8.80 Å². The van der Waals surface area contributed by atoms with Crippen LogP contribution in [-0.4, -0.2) is 33.3 Å². The van der Waals surface area contributed by atoms with Crippen molar-refractivity contribution in [2.24, 2.45) is 0 Å². The molecule has 15 heavy (non-hydrogen) atoms. The highest BCUT2D eigenvalue weighted by molar-refractivity contribution is 6.58. The second kappa shape index (κ2) is 7.23. The molecular formula is C13H27NSi. The zero-order valence-corrected chi connectivity index (χ0v) is 11.9. The fraction of sp³-hybridized carbons (Fsp3) is 0.846. The largest absolute Gasteiger partial charge is 0.303 e. The van der Waals surface area contributed by atoms with Crippen LogP contribution in [0.3, 0.4) is 0 Å². The number of hydrogen-bond acceptors (Lipinski definition) is 1. The third kappa shape index (κ3) is 4.98. The van der Waals surface area contributed by atoms with Gasteiger partial charge in [0.1, 0.15) is 0 Å². The molecule has 0 bridgehead atoms. The van der Waals surface area contributed by atoms with Crippen molar-refractivity contribution in [3.8, 4) is 0 Å². The molecular weight excluding hydrogens is 198 g/mol. The lowest BCUT2D eigenvalue weighted by molar-refractivity contribution is 0.227. The normalized spacial score (nSPS) is 21.3. The number of hydrogen-bond donors (Lipinski definition) is 0. The second-order valence-corrected chi connectivity index (χ2v) is 8.47. The minimum absolute atomic E-state index is 0.488. The summed E-state index contributed by atoms with van der Waals surface area (Å²) in [6.45, 7) is 11.1. The smallest absolute Gasteiger partial charge is 0.0380 e. The standard InChI is InChI=1S/C13H27NSi/c1-4-8-13(15(2)3)9-12-14-10-6-5-7-11-14/h4,8,13,15H,5-7,9-12H2,1-3H3. The van der Waals surface area contributed by atoms with Crippen LogP contribution in [0.15, 0.2) is 12.2 Å². The Morgan fingerprint density at radius 3 is 2.40 bits per heavy atom. The van der Waals surface area contributed by atoms with Crippen molar-refractivity contribution in [3.05, 3.63) is 12.2 Å². The summed E-state index contributed by atoms with van der Waals surface area (Å²) in [6.07, 6.45) is 10.4. The Morgan fingerprint density at radius 2 is 1.87 bits per heavy atom. The van der Waals surface area contributed by atoms with E-state index in [0.29, 0.717) is 0 Å². The molecule has 1 fully saturated rings. The summed E-state index contributed by atoms with van der Waals surface area (Å²) in [6, 6.07) is 0. The van der Waals surface area contributed by atoms with E-state index < -0.39 is 8.80 Å². The molecule has 1 atom stereocenters. The predicted octanol–water partition coefficient (Wildman–Crippen LogP) is 3.30. The lowest BCUT2D eigenvalue weighted by Crippen LogP contribution is -2.31. The van der Waals surface area contributed by atoms with E-state index in [1.807, 2.05) is 0 Å². The van der Waals surface area contributed by atoms with Crippen LogP contribution in [0.5, 0.6) is 0 Å². The average Bonchev–Trinajstić information content (AvgIpc) is 2.25. The van der Waals surface area contributed by atoms with E-state index in [2.05, 4.69) is 37.1 Å². The van der Waals surface area contributed by atoms with E-state index in [1.54, 1.807) is 0 Å². The van der Waals surface area contributed by atoms with Gasteiger partial charge in [-0.3, -0.25) is 0 Å². The summed E-state index contributed by atoms with van der Waals surface area (Å²) in [5.41, 5.74) is 0.914. The molecule has 0 saturated carbocycles. The molecule has 0 radical (unpaired) electrons. The zero-order valence-electron chi connectivity index (χ0n) is 10.7. The monoisotopic (exact) mass is 225 g/mol. The Balaban J connectivity index is 2.25. The minimum atomic E-state index is -0.488. The highest BCUT2D eigenvalue weighted by Gasteiger charge is 2.14. The van der Waals surface area contributed by atoms with Gasteiger partial charge in [0.2, 0.25) is 0 Å². The highest BCUT2D eigenvalue weighted by atomic mass is 28.3. The summed E-state index contributed by atoms with van der Waals surface area (Å²) in [7, 11) is -0.488. The van der Waals surface area contributed by atoms with Gasteiger partial charge in [0.25, 0.3) is 0 Å². The van der Waals surface area contributed by atoms with Gasteiger partial charge in [-0.1, -0.05) is 31.7 Å². The first-order valence-corrected chi connectivity index (χ1v) is 9.57. The number of rotatable bonds is 5. The van der Waals surface area contributed by atoms with Gasteiger partial charge in [0, 0.05) is 8.80 Å². The Kier molecular flexibility index (Phi) is 6.26. The zero-order chi connectivity index (χ0) is 11.1. The summed E-state index contributed by atoms with van der Waals surface area (Å²) < 4.78 is 0. The lowest BCUT2D eigenvalue weighted by atomic mass is 10.1. The number of likely N-dealkylation sites (tertiary alicyclic amines) is 1. The van der Waals surface area contributed by atoms with Crippen LogP contribution in [0.25, 0.3) is 0 Å². The SMILES string of the molecule is CC=CC(CCN1CCCCC1)[SiH](C)C. The first-order valence-electron chi connectivity index (χ1n) is 6.59. The van der Waals surface area contributed by atoms with Crippen molar-refractivity contribution in [3.63, 3.8) is 0 Å². The van der Waals surface area contributed by atoms with Gasteiger partial charge < -0.3 is 4.90 Å². The maximum Gasteiger partial charge on any atom is 0.0380 e. The number of allylic oxidation sites excluding steroid dienone is 2. The highest BCUT2D eigenvalue weighted by Crippen LogP contribution is 2.19. The Morgan fingerprint density at radius 1 is 1.20 bits per heavy atom. The number of nitrogens with zero attached hydrogens (tertiary/aromatic N) is 1. The average molecular weight is 225 g/mol. The topological polar surface area (TPSA) is 3.24 Å². The maximum absolute atomic E-state index is 2.66. The summed E-state index contributed by atoms with van der Waals surface area (Å²) in [4.78, 5) is 2.66. The van der Waals surface area contributed by atoms with Gasteiger partial charge in [0.05, 0.1) is 0 Å². The van der Waals surface area contributed by atoms with Gasteiger partial charge in [-0.2, -0.15) is 0 Å². The Labute approximate surface area is 97.2 Å². The van der Waals surface area contributed by atoms with Gasteiger partial charge in [-0.05, 0) is 51.4 Å². The molecule has 1 heterocycles. The maximum atomic E-state index is 2.66. The summed E-state index contributed by atoms with van der Waals surface area (Å²) in [5.74, 6) is 0. The van der Waals surface area contributed by atoms with Gasteiger partial charge in [0.15, 0.2) is 0 Å². The molecule has 1 saturated heterocycles. The van der Waals surface area contributed by atoms with Gasteiger partial charge in [-0.25, -0.2) is 0 Å².